The van der Waals surface area contributed by atoms with Crippen molar-refractivity contribution < 1.29 is 5.11 Å². The summed E-state index contributed by atoms with van der Waals surface area (Å²) in [5, 5.41) is 11.1. The Morgan fingerprint density at radius 1 is 0.952 bits per heavy atom. The van der Waals surface area contributed by atoms with Crippen LogP contribution >= 0.6 is 0 Å². The van der Waals surface area contributed by atoms with Crippen molar-refractivity contribution in [2.45, 2.75) is 18.9 Å². The highest BCUT2D eigenvalue weighted by atomic mass is 16.3. The molecule has 0 saturated heterocycles. The van der Waals surface area contributed by atoms with Gasteiger partial charge in [-0.2, -0.15) is 0 Å². The van der Waals surface area contributed by atoms with Gasteiger partial charge in [0.2, 0.25) is 0 Å². The van der Waals surface area contributed by atoms with Gasteiger partial charge in [-0.3, -0.25) is 0 Å². The normalized spacial score (nSPS) is 15.7. The molecule has 0 aliphatic rings. The SMILES string of the molecule is CN(C)C[C@H](Cc1ccccc1)[C@@](C)(O)c1ccccc1. The number of rotatable bonds is 6. The van der Waals surface area contributed by atoms with Gasteiger partial charge in [-0.1, -0.05) is 60.7 Å². The summed E-state index contributed by atoms with van der Waals surface area (Å²) in [6, 6.07) is 20.4. The molecule has 2 heteroatoms. The van der Waals surface area contributed by atoms with Gasteiger partial charge in [0.1, 0.15) is 0 Å². The first-order valence-electron chi connectivity index (χ1n) is 7.46. The zero-order valence-electron chi connectivity index (χ0n) is 13.2. The summed E-state index contributed by atoms with van der Waals surface area (Å²) in [7, 11) is 4.11. The highest BCUT2D eigenvalue weighted by Crippen LogP contribution is 2.32. The van der Waals surface area contributed by atoms with Crippen molar-refractivity contribution in [1.82, 2.24) is 4.90 Å². The molecule has 2 rings (SSSR count). The molecule has 0 aromatic heterocycles. The summed E-state index contributed by atoms with van der Waals surface area (Å²) in [4.78, 5) is 2.14. The Labute approximate surface area is 128 Å². The molecule has 0 fully saturated rings. The minimum Gasteiger partial charge on any atom is -0.385 e. The Bertz CT molecular complexity index is 534. The quantitative estimate of drug-likeness (QED) is 0.879. The summed E-state index contributed by atoms with van der Waals surface area (Å²) in [5.74, 6) is 0.136. The zero-order chi connectivity index (χ0) is 15.3. The van der Waals surface area contributed by atoms with Crippen LogP contribution in [0.3, 0.4) is 0 Å². The van der Waals surface area contributed by atoms with Crippen molar-refractivity contribution in [1.29, 1.82) is 0 Å². The number of hydrogen-bond donors (Lipinski definition) is 1. The molecule has 1 N–H and O–H groups in total. The third kappa shape index (κ3) is 4.16. The molecule has 21 heavy (non-hydrogen) atoms. The third-order valence-electron chi connectivity index (χ3n) is 4.06. The van der Waals surface area contributed by atoms with Crippen LogP contribution in [-0.4, -0.2) is 30.6 Å². The predicted molar refractivity (Wildman–Crippen MR) is 88.2 cm³/mol. The Morgan fingerprint density at radius 2 is 1.48 bits per heavy atom. The number of aliphatic hydroxyl groups is 1. The maximum Gasteiger partial charge on any atom is 0.0911 e. The average molecular weight is 283 g/mol. The number of nitrogens with zero attached hydrogens (tertiary/aromatic N) is 1. The van der Waals surface area contributed by atoms with E-state index in [1.807, 2.05) is 43.3 Å². The molecule has 2 aromatic carbocycles. The molecule has 0 bridgehead atoms. The van der Waals surface area contributed by atoms with Crippen LogP contribution in [0, 0.1) is 5.92 Å². The Morgan fingerprint density at radius 3 is 2.00 bits per heavy atom. The molecule has 0 spiro atoms. The van der Waals surface area contributed by atoms with Gasteiger partial charge in [-0.05, 0) is 38.6 Å². The number of hydrogen-bond acceptors (Lipinski definition) is 2. The van der Waals surface area contributed by atoms with E-state index in [-0.39, 0.29) is 5.92 Å². The van der Waals surface area contributed by atoms with Crippen LogP contribution in [-0.2, 0) is 12.0 Å². The molecule has 0 amide bonds. The van der Waals surface area contributed by atoms with Gasteiger partial charge in [-0.25, -0.2) is 0 Å². The van der Waals surface area contributed by atoms with E-state index in [0.29, 0.717) is 0 Å². The van der Waals surface area contributed by atoms with Crippen LogP contribution in [0.2, 0.25) is 0 Å². The lowest BCUT2D eigenvalue weighted by molar-refractivity contribution is -0.0157. The molecule has 0 heterocycles. The van der Waals surface area contributed by atoms with Crippen LogP contribution in [0.15, 0.2) is 60.7 Å². The summed E-state index contributed by atoms with van der Waals surface area (Å²) in [6.07, 6.45) is 0.862. The summed E-state index contributed by atoms with van der Waals surface area (Å²) in [5.41, 5.74) is 1.40. The molecule has 0 aliphatic carbocycles. The van der Waals surface area contributed by atoms with E-state index in [4.69, 9.17) is 0 Å². The first-order valence-corrected chi connectivity index (χ1v) is 7.46. The van der Waals surface area contributed by atoms with Crippen molar-refractivity contribution >= 4 is 0 Å². The first kappa shape index (κ1) is 15.7. The average Bonchev–Trinajstić information content (AvgIpc) is 2.48. The Kier molecular flexibility index (Phi) is 5.16. The lowest BCUT2D eigenvalue weighted by atomic mass is 9.79. The van der Waals surface area contributed by atoms with Crippen molar-refractivity contribution in [3.8, 4) is 0 Å². The smallest absolute Gasteiger partial charge is 0.0911 e. The van der Waals surface area contributed by atoms with Gasteiger partial charge < -0.3 is 10.0 Å². The number of benzene rings is 2. The summed E-state index contributed by atoms with van der Waals surface area (Å²) < 4.78 is 0. The molecule has 0 aliphatic heterocycles. The molecule has 0 radical (unpaired) electrons. The first-order chi connectivity index (χ1) is 10.00. The van der Waals surface area contributed by atoms with E-state index in [0.717, 1.165) is 18.5 Å². The topological polar surface area (TPSA) is 23.5 Å². The summed E-state index contributed by atoms with van der Waals surface area (Å²) >= 11 is 0. The second-order valence-corrected chi connectivity index (χ2v) is 6.16. The zero-order valence-corrected chi connectivity index (χ0v) is 13.2. The lowest BCUT2D eigenvalue weighted by Crippen LogP contribution is -2.39. The van der Waals surface area contributed by atoms with E-state index >= 15 is 0 Å². The molecule has 2 nitrogen and oxygen atoms in total. The maximum atomic E-state index is 11.1. The van der Waals surface area contributed by atoms with E-state index < -0.39 is 5.60 Å². The third-order valence-corrected chi connectivity index (χ3v) is 4.06. The van der Waals surface area contributed by atoms with Crippen LogP contribution < -0.4 is 0 Å². The van der Waals surface area contributed by atoms with E-state index in [2.05, 4.69) is 43.3 Å². The molecule has 112 valence electrons. The highest BCUT2D eigenvalue weighted by molar-refractivity contribution is 5.24. The molecule has 0 unspecified atom stereocenters. The van der Waals surface area contributed by atoms with Gasteiger partial charge in [0, 0.05) is 12.5 Å². The minimum absolute atomic E-state index is 0.136. The largest absolute Gasteiger partial charge is 0.385 e. The van der Waals surface area contributed by atoms with Crippen molar-refractivity contribution in [2.75, 3.05) is 20.6 Å². The fourth-order valence-corrected chi connectivity index (χ4v) is 2.79. The maximum absolute atomic E-state index is 11.1. The second-order valence-electron chi connectivity index (χ2n) is 6.16. The Hall–Kier alpha value is -1.64. The van der Waals surface area contributed by atoms with Gasteiger partial charge in [0.15, 0.2) is 0 Å². The standard InChI is InChI=1S/C19H25NO/c1-19(21,17-12-8-5-9-13-17)18(15-20(2)3)14-16-10-6-4-7-11-16/h4-13,18,21H,14-15H2,1-3H3/t18-,19-/m0/s1. The van der Waals surface area contributed by atoms with E-state index in [9.17, 15) is 5.11 Å². The van der Waals surface area contributed by atoms with Crippen LogP contribution in [0.4, 0.5) is 0 Å². The van der Waals surface area contributed by atoms with Crippen molar-refractivity contribution in [3.05, 3.63) is 71.8 Å². The molecular weight excluding hydrogens is 258 g/mol. The van der Waals surface area contributed by atoms with Crippen LogP contribution in [0.1, 0.15) is 18.1 Å². The summed E-state index contributed by atoms with van der Waals surface area (Å²) in [6.45, 7) is 2.77. The van der Waals surface area contributed by atoms with E-state index in [1.165, 1.54) is 5.56 Å². The fraction of sp³-hybridized carbons (Fsp3) is 0.368. The van der Waals surface area contributed by atoms with Crippen molar-refractivity contribution in [2.24, 2.45) is 5.92 Å². The predicted octanol–water partition coefficient (Wildman–Crippen LogP) is 3.31. The van der Waals surface area contributed by atoms with Gasteiger partial charge in [-0.15, -0.1) is 0 Å². The van der Waals surface area contributed by atoms with Crippen LogP contribution in [0.5, 0.6) is 0 Å². The second kappa shape index (κ2) is 6.88. The van der Waals surface area contributed by atoms with Crippen LogP contribution in [0.25, 0.3) is 0 Å². The molecule has 2 aromatic rings. The van der Waals surface area contributed by atoms with Gasteiger partial charge >= 0.3 is 0 Å². The fourth-order valence-electron chi connectivity index (χ4n) is 2.79. The molecular formula is C19H25NO. The van der Waals surface area contributed by atoms with Gasteiger partial charge in [0.05, 0.1) is 5.60 Å². The van der Waals surface area contributed by atoms with Gasteiger partial charge in [0.25, 0.3) is 0 Å². The Balaban J connectivity index is 2.26. The lowest BCUT2D eigenvalue weighted by Gasteiger charge is -2.35. The highest BCUT2D eigenvalue weighted by Gasteiger charge is 2.33. The van der Waals surface area contributed by atoms with E-state index in [1.54, 1.807) is 0 Å². The van der Waals surface area contributed by atoms with Crippen molar-refractivity contribution in [3.63, 3.8) is 0 Å². The molecule has 2 atom stereocenters. The molecule has 0 saturated carbocycles. The monoisotopic (exact) mass is 283 g/mol. The minimum atomic E-state index is -0.846.